The summed E-state index contributed by atoms with van der Waals surface area (Å²) in [5, 5.41) is 3.11. The summed E-state index contributed by atoms with van der Waals surface area (Å²) in [6.07, 6.45) is 1.99. The van der Waals surface area contributed by atoms with Gasteiger partial charge in [-0.3, -0.25) is 0 Å². The van der Waals surface area contributed by atoms with Crippen LogP contribution in [0.5, 0.6) is 5.75 Å². The van der Waals surface area contributed by atoms with E-state index in [0.717, 1.165) is 12.1 Å². The summed E-state index contributed by atoms with van der Waals surface area (Å²) in [7, 11) is 3.37. The zero-order valence-corrected chi connectivity index (χ0v) is 10.6. The molecule has 1 aromatic carbocycles. The SMILES string of the molecule is CNCc1cccn1Cc1ccc(OC)c(F)c1. The fourth-order valence-electron chi connectivity index (χ4n) is 1.95. The van der Waals surface area contributed by atoms with Gasteiger partial charge in [0.25, 0.3) is 0 Å². The van der Waals surface area contributed by atoms with Crippen molar-refractivity contribution in [2.75, 3.05) is 14.2 Å². The number of ether oxygens (including phenoxy) is 1. The van der Waals surface area contributed by atoms with Crippen molar-refractivity contribution in [2.45, 2.75) is 13.1 Å². The van der Waals surface area contributed by atoms with Crippen LogP contribution in [0.15, 0.2) is 36.5 Å². The zero-order valence-electron chi connectivity index (χ0n) is 10.6. The smallest absolute Gasteiger partial charge is 0.165 e. The maximum atomic E-state index is 13.6. The van der Waals surface area contributed by atoms with E-state index in [2.05, 4.69) is 16.0 Å². The van der Waals surface area contributed by atoms with E-state index in [-0.39, 0.29) is 11.6 Å². The number of aromatic nitrogens is 1. The van der Waals surface area contributed by atoms with Gasteiger partial charge in [0.2, 0.25) is 0 Å². The van der Waals surface area contributed by atoms with E-state index in [9.17, 15) is 4.39 Å². The lowest BCUT2D eigenvalue weighted by molar-refractivity contribution is 0.386. The average molecular weight is 248 g/mol. The van der Waals surface area contributed by atoms with Gasteiger partial charge in [-0.1, -0.05) is 6.07 Å². The maximum Gasteiger partial charge on any atom is 0.165 e. The minimum atomic E-state index is -0.322. The van der Waals surface area contributed by atoms with Gasteiger partial charge in [-0.15, -0.1) is 0 Å². The molecule has 0 radical (unpaired) electrons. The van der Waals surface area contributed by atoms with Crippen molar-refractivity contribution in [1.82, 2.24) is 9.88 Å². The third kappa shape index (κ3) is 2.71. The van der Waals surface area contributed by atoms with E-state index < -0.39 is 0 Å². The molecule has 0 bridgehead atoms. The molecular formula is C14H17FN2O. The molecule has 0 spiro atoms. The van der Waals surface area contributed by atoms with Gasteiger partial charge in [0.05, 0.1) is 7.11 Å². The third-order valence-corrected chi connectivity index (χ3v) is 2.85. The first kappa shape index (κ1) is 12.6. The number of halogens is 1. The molecule has 0 amide bonds. The van der Waals surface area contributed by atoms with E-state index >= 15 is 0 Å². The quantitative estimate of drug-likeness (QED) is 0.879. The van der Waals surface area contributed by atoms with Gasteiger partial charge in [-0.25, -0.2) is 4.39 Å². The largest absolute Gasteiger partial charge is 0.494 e. The normalized spacial score (nSPS) is 10.6. The fraction of sp³-hybridized carbons (Fsp3) is 0.286. The number of methoxy groups -OCH3 is 1. The van der Waals surface area contributed by atoms with Gasteiger partial charge in [-0.05, 0) is 36.9 Å². The Morgan fingerprint density at radius 2 is 2.17 bits per heavy atom. The highest BCUT2D eigenvalue weighted by Gasteiger charge is 2.05. The topological polar surface area (TPSA) is 26.2 Å². The second-order valence-corrected chi connectivity index (χ2v) is 4.13. The maximum absolute atomic E-state index is 13.6. The summed E-state index contributed by atoms with van der Waals surface area (Å²) < 4.78 is 20.6. The van der Waals surface area contributed by atoms with Gasteiger partial charge < -0.3 is 14.6 Å². The predicted octanol–water partition coefficient (Wildman–Crippen LogP) is 2.40. The molecule has 0 fully saturated rings. The second kappa shape index (κ2) is 5.69. The lowest BCUT2D eigenvalue weighted by atomic mass is 10.2. The predicted molar refractivity (Wildman–Crippen MR) is 69.2 cm³/mol. The molecular weight excluding hydrogens is 231 g/mol. The Balaban J connectivity index is 2.18. The summed E-state index contributed by atoms with van der Waals surface area (Å²) in [5.74, 6) is -0.0426. The third-order valence-electron chi connectivity index (χ3n) is 2.85. The summed E-state index contributed by atoms with van der Waals surface area (Å²) in [5.41, 5.74) is 2.09. The van der Waals surface area contributed by atoms with Gasteiger partial charge in [0.1, 0.15) is 0 Å². The first-order valence-corrected chi connectivity index (χ1v) is 5.85. The van der Waals surface area contributed by atoms with Crippen molar-refractivity contribution < 1.29 is 9.13 Å². The molecule has 0 atom stereocenters. The molecule has 96 valence electrons. The van der Waals surface area contributed by atoms with Crippen LogP contribution in [-0.2, 0) is 13.1 Å². The number of nitrogens with zero attached hydrogens (tertiary/aromatic N) is 1. The van der Waals surface area contributed by atoms with E-state index in [1.807, 2.05) is 25.4 Å². The van der Waals surface area contributed by atoms with Crippen LogP contribution in [0.3, 0.4) is 0 Å². The van der Waals surface area contributed by atoms with Crippen LogP contribution in [0, 0.1) is 5.82 Å². The van der Waals surface area contributed by atoms with Crippen LogP contribution in [0.2, 0.25) is 0 Å². The number of nitrogens with one attached hydrogen (secondary N) is 1. The summed E-state index contributed by atoms with van der Waals surface area (Å²) in [4.78, 5) is 0. The van der Waals surface area contributed by atoms with Crippen LogP contribution in [0.25, 0.3) is 0 Å². The summed E-state index contributed by atoms with van der Waals surface area (Å²) in [6, 6.07) is 9.10. The van der Waals surface area contributed by atoms with E-state index in [1.165, 1.54) is 18.9 Å². The zero-order chi connectivity index (χ0) is 13.0. The molecule has 0 aliphatic carbocycles. The standard InChI is InChI=1S/C14H17FN2O/c1-16-9-12-4-3-7-17(12)10-11-5-6-14(18-2)13(15)8-11/h3-8,16H,9-10H2,1-2H3. The van der Waals surface area contributed by atoms with Crippen molar-refractivity contribution in [3.8, 4) is 5.75 Å². The molecule has 0 aliphatic heterocycles. The lowest BCUT2D eigenvalue weighted by Crippen LogP contribution is -2.11. The number of hydrogen-bond donors (Lipinski definition) is 1. The number of rotatable bonds is 5. The van der Waals surface area contributed by atoms with Crippen molar-refractivity contribution in [2.24, 2.45) is 0 Å². The fourth-order valence-corrected chi connectivity index (χ4v) is 1.95. The average Bonchev–Trinajstić information content (AvgIpc) is 2.78. The first-order valence-electron chi connectivity index (χ1n) is 5.85. The summed E-state index contributed by atoms with van der Waals surface area (Å²) >= 11 is 0. The molecule has 0 saturated heterocycles. The van der Waals surface area contributed by atoms with Crippen molar-refractivity contribution in [3.05, 3.63) is 53.6 Å². The lowest BCUT2D eigenvalue weighted by Gasteiger charge is -2.10. The Morgan fingerprint density at radius 1 is 1.33 bits per heavy atom. The highest BCUT2D eigenvalue weighted by Crippen LogP contribution is 2.18. The molecule has 1 heterocycles. The van der Waals surface area contributed by atoms with Crippen molar-refractivity contribution in [1.29, 1.82) is 0 Å². The van der Waals surface area contributed by atoms with Crippen LogP contribution >= 0.6 is 0 Å². The minimum absolute atomic E-state index is 0.279. The Labute approximate surface area is 106 Å². The van der Waals surface area contributed by atoms with Crippen LogP contribution in [0.1, 0.15) is 11.3 Å². The number of benzene rings is 1. The molecule has 2 rings (SSSR count). The molecule has 4 heteroatoms. The highest BCUT2D eigenvalue weighted by molar-refractivity contribution is 5.29. The molecule has 0 saturated carbocycles. The molecule has 1 N–H and O–H groups in total. The van der Waals surface area contributed by atoms with E-state index in [4.69, 9.17) is 4.74 Å². The number of hydrogen-bond acceptors (Lipinski definition) is 2. The Morgan fingerprint density at radius 3 is 2.83 bits per heavy atom. The van der Waals surface area contributed by atoms with Crippen LogP contribution in [-0.4, -0.2) is 18.7 Å². The van der Waals surface area contributed by atoms with Crippen LogP contribution in [0.4, 0.5) is 4.39 Å². The molecule has 1 aromatic heterocycles. The minimum Gasteiger partial charge on any atom is -0.494 e. The second-order valence-electron chi connectivity index (χ2n) is 4.13. The Hall–Kier alpha value is -1.81. The van der Waals surface area contributed by atoms with Gasteiger partial charge >= 0.3 is 0 Å². The van der Waals surface area contributed by atoms with E-state index in [1.54, 1.807) is 6.07 Å². The Kier molecular flexibility index (Phi) is 3.99. The molecule has 3 nitrogen and oxygen atoms in total. The first-order chi connectivity index (χ1) is 8.74. The Bertz CT molecular complexity index is 522. The van der Waals surface area contributed by atoms with Crippen molar-refractivity contribution >= 4 is 0 Å². The molecule has 0 unspecified atom stereocenters. The monoisotopic (exact) mass is 248 g/mol. The van der Waals surface area contributed by atoms with Crippen molar-refractivity contribution in [3.63, 3.8) is 0 Å². The van der Waals surface area contributed by atoms with Gasteiger partial charge in [-0.2, -0.15) is 0 Å². The molecule has 0 aliphatic rings. The van der Waals surface area contributed by atoms with Gasteiger partial charge in [0.15, 0.2) is 11.6 Å². The molecule has 2 aromatic rings. The molecule has 18 heavy (non-hydrogen) atoms. The van der Waals surface area contributed by atoms with Crippen LogP contribution < -0.4 is 10.1 Å². The van der Waals surface area contributed by atoms with E-state index in [0.29, 0.717) is 6.54 Å². The highest BCUT2D eigenvalue weighted by atomic mass is 19.1. The van der Waals surface area contributed by atoms with Gasteiger partial charge in [0, 0.05) is 25.0 Å². The summed E-state index contributed by atoms with van der Waals surface area (Å²) in [6.45, 7) is 1.45.